The van der Waals surface area contributed by atoms with Crippen molar-refractivity contribution < 1.29 is 18.7 Å². The lowest BCUT2D eigenvalue weighted by molar-refractivity contribution is -0.142. The van der Waals surface area contributed by atoms with Gasteiger partial charge < -0.3 is 15.0 Å². The number of hydrogen-bond donors (Lipinski definition) is 1. The number of hydrogen-bond acceptors (Lipinski definition) is 3. The standard InChI is InChI=1S/C27H27BrClFN2O3/c1-2-14-31-27(34)24(15-19-8-4-3-5-9-19)32(17-20-10-6-7-11-23(20)30)26(33)18-35-25-13-12-21(29)16-22(25)28/h3-13,16,24H,2,14-15,17-18H2,1H3,(H,31,34). The molecule has 5 nitrogen and oxygen atoms in total. The number of benzene rings is 3. The van der Waals surface area contributed by atoms with Gasteiger partial charge in [-0.25, -0.2) is 4.39 Å². The molecule has 0 aliphatic heterocycles. The number of ether oxygens (including phenoxy) is 1. The summed E-state index contributed by atoms with van der Waals surface area (Å²) in [6, 6.07) is 19.8. The summed E-state index contributed by atoms with van der Waals surface area (Å²) in [6.45, 7) is 2.02. The van der Waals surface area contributed by atoms with Crippen molar-refractivity contribution in [1.29, 1.82) is 0 Å². The van der Waals surface area contributed by atoms with Crippen LogP contribution in [0.15, 0.2) is 77.3 Å². The molecule has 0 fully saturated rings. The lowest BCUT2D eigenvalue weighted by Crippen LogP contribution is -2.52. The molecule has 8 heteroatoms. The van der Waals surface area contributed by atoms with E-state index in [1.165, 1.54) is 11.0 Å². The second kappa shape index (κ2) is 13.3. The van der Waals surface area contributed by atoms with Crippen LogP contribution in [0.25, 0.3) is 0 Å². The molecule has 3 aromatic carbocycles. The normalized spacial score (nSPS) is 11.5. The van der Waals surface area contributed by atoms with E-state index in [9.17, 15) is 14.0 Å². The van der Waals surface area contributed by atoms with Gasteiger partial charge in [-0.1, -0.05) is 67.1 Å². The van der Waals surface area contributed by atoms with Crippen LogP contribution in [0.3, 0.4) is 0 Å². The zero-order valence-corrected chi connectivity index (χ0v) is 21.7. The predicted molar refractivity (Wildman–Crippen MR) is 139 cm³/mol. The molecule has 0 aliphatic carbocycles. The zero-order valence-electron chi connectivity index (χ0n) is 19.3. The fraction of sp³-hybridized carbons (Fsp3) is 0.259. The highest BCUT2D eigenvalue weighted by atomic mass is 79.9. The van der Waals surface area contributed by atoms with Crippen molar-refractivity contribution in [1.82, 2.24) is 10.2 Å². The Hall–Kier alpha value is -2.90. The van der Waals surface area contributed by atoms with E-state index in [0.717, 1.165) is 12.0 Å². The van der Waals surface area contributed by atoms with Gasteiger partial charge in [-0.2, -0.15) is 0 Å². The van der Waals surface area contributed by atoms with E-state index in [0.29, 0.717) is 27.4 Å². The van der Waals surface area contributed by atoms with Crippen molar-refractivity contribution in [2.75, 3.05) is 13.2 Å². The molecule has 3 rings (SSSR count). The maximum atomic E-state index is 14.6. The Morgan fingerprint density at radius 2 is 1.80 bits per heavy atom. The number of rotatable bonds is 11. The summed E-state index contributed by atoms with van der Waals surface area (Å²) in [5, 5.41) is 3.41. The summed E-state index contributed by atoms with van der Waals surface area (Å²) >= 11 is 9.36. The third-order valence-corrected chi connectivity index (χ3v) is 6.22. The van der Waals surface area contributed by atoms with Crippen LogP contribution in [-0.4, -0.2) is 35.9 Å². The van der Waals surface area contributed by atoms with Crippen LogP contribution in [0.5, 0.6) is 5.75 Å². The molecular weight excluding hydrogens is 535 g/mol. The Morgan fingerprint density at radius 1 is 1.09 bits per heavy atom. The Morgan fingerprint density at radius 3 is 2.49 bits per heavy atom. The Kier molecular flexibility index (Phi) is 10.1. The fourth-order valence-corrected chi connectivity index (χ4v) is 4.34. The van der Waals surface area contributed by atoms with Crippen molar-refractivity contribution in [2.45, 2.75) is 32.4 Å². The highest BCUT2D eigenvalue weighted by Gasteiger charge is 2.31. The second-order valence-electron chi connectivity index (χ2n) is 7.97. The molecule has 1 unspecified atom stereocenters. The summed E-state index contributed by atoms with van der Waals surface area (Å²) in [6.07, 6.45) is 1.03. The maximum absolute atomic E-state index is 14.6. The molecule has 0 aromatic heterocycles. The van der Waals surface area contributed by atoms with Gasteiger partial charge in [0.25, 0.3) is 5.91 Å². The quantitative estimate of drug-likeness (QED) is 0.323. The molecule has 3 aromatic rings. The van der Waals surface area contributed by atoms with Gasteiger partial charge in [0.2, 0.25) is 5.91 Å². The molecule has 35 heavy (non-hydrogen) atoms. The summed E-state index contributed by atoms with van der Waals surface area (Å²) in [5.41, 5.74) is 1.20. The summed E-state index contributed by atoms with van der Waals surface area (Å²) < 4.78 is 20.9. The van der Waals surface area contributed by atoms with Crippen molar-refractivity contribution >= 4 is 39.3 Å². The SMILES string of the molecule is CCCNC(=O)C(Cc1ccccc1)N(Cc1ccccc1F)C(=O)COc1ccc(Cl)cc1Br. The molecule has 0 saturated carbocycles. The topological polar surface area (TPSA) is 58.6 Å². The van der Waals surface area contributed by atoms with Gasteiger partial charge in [0, 0.05) is 30.1 Å². The third kappa shape index (κ3) is 7.80. The predicted octanol–water partition coefficient (Wildman–Crippen LogP) is 5.79. The van der Waals surface area contributed by atoms with Gasteiger partial charge in [-0.15, -0.1) is 0 Å². The Labute approximate surface area is 218 Å². The van der Waals surface area contributed by atoms with Crippen LogP contribution < -0.4 is 10.1 Å². The van der Waals surface area contributed by atoms with E-state index < -0.39 is 17.8 Å². The first-order valence-corrected chi connectivity index (χ1v) is 12.5. The van der Waals surface area contributed by atoms with E-state index in [2.05, 4.69) is 21.2 Å². The number of nitrogens with zero attached hydrogens (tertiary/aromatic N) is 1. The molecule has 0 spiro atoms. The van der Waals surface area contributed by atoms with Gasteiger partial charge in [0.05, 0.1) is 4.47 Å². The molecule has 0 bridgehead atoms. The fourth-order valence-electron chi connectivity index (χ4n) is 3.54. The first kappa shape index (κ1) is 26.7. The van der Waals surface area contributed by atoms with E-state index in [1.807, 2.05) is 37.3 Å². The minimum Gasteiger partial charge on any atom is -0.483 e. The van der Waals surface area contributed by atoms with E-state index in [4.69, 9.17) is 16.3 Å². The zero-order chi connectivity index (χ0) is 25.2. The molecule has 1 N–H and O–H groups in total. The Bertz CT molecular complexity index is 1150. The summed E-state index contributed by atoms with van der Waals surface area (Å²) in [5.74, 6) is -0.751. The number of carbonyl (C=O) groups excluding carboxylic acids is 2. The minimum atomic E-state index is -0.853. The van der Waals surface area contributed by atoms with Crippen LogP contribution in [0.2, 0.25) is 5.02 Å². The molecule has 0 saturated heterocycles. The van der Waals surface area contributed by atoms with Crippen LogP contribution in [0.4, 0.5) is 4.39 Å². The lowest BCUT2D eigenvalue weighted by Gasteiger charge is -2.31. The number of nitrogens with one attached hydrogen (secondary N) is 1. The van der Waals surface area contributed by atoms with Crippen molar-refractivity contribution in [3.05, 3.63) is 99.2 Å². The van der Waals surface area contributed by atoms with Gasteiger partial charge in [0.15, 0.2) is 6.61 Å². The molecule has 184 valence electrons. The highest BCUT2D eigenvalue weighted by Crippen LogP contribution is 2.28. The largest absolute Gasteiger partial charge is 0.483 e. The third-order valence-electron chi connectivity index (χ3n) is 5.36. The maximum Gasteiger partial charge on any atom is 0.261 e. The van der Waals surface area contributed by atoms with Crippen LogP contribution >= 0.6 is 27.5 Å². The van der Waals surface area contributed by atoms with Crippen molar-refractivity contribution in [2.24, 2.45) is 0 Å². The number of carbonyl (C=O) groups is 2. The van der Waals surface area contributed by atoms with E-state index in [1.54, 1.807) is 36.4 Å². The number of amides is 2. The average molecular weight is 562 g/mol. The molecule has 2 amide bonds. The van der Waals surface area contributed by atoms with Gasteiger partial charge in [-0.3, -0.25) is 9.59 Å². The molecule has 0 radical (unpaired) electrons. The second-order valence-corrected chi connectivity index (χ2v) is 9.26. The first-order chi connectivity index (χ1) is 16.9. The molecule has 1 atom stereocenters. The van der Waals surface area contributed by atoms with Gasteiger partial charge in [0.1, 0.15) is 17.6 Å². The highest BCUT2D eigenvalue weighted by molar-refractivity contribution is 9.10. The first-order valence-electron chi connectivity index (χ1n) is 11.3. The molecule has 0 aliphatic rings. The monoisotopic (exact) mass is 560 g/mol. The number of halogens is 3. The lowest BCUT2D eigenvalue weighted by atomic mass is 10.0. The van der Waals surface area contributed by atoms with Gasteiger partial charge >= 0.3 is 0 Å². The summed E-state index contributed by atoms with van der Waals surface area (Å²) in [7, 11) is 0. The van der Waals surface area contributed by atoms with Crippen molar-refractivity contribution in [3.63, 3.8) is 0 Å². The molecular formula is C27H27BrClFN2O3. The Balaban J connectivity index is 1.91. The van der Waals surface area contributed by atoms with E-state index >= 15 is 0 Å². The minimum absolute atomic E-state index is 0.0757. The van der Waals surface area contributed by atoms with E-state index in [-0.39, 0.29) is 25.5 Å². The summed E-state index contributed by atoms with van der Waals surface area (Å²) in [4.78, 5) is 28.1. The smallest absolute Gasteiger partial charge is 0.261 e. The van der Waals surface area contributed by atoms with Gasteiger partial charge in [-0.05, 0) is 52.2 Å². The van der Waals surface area contributed by atoms with Crippen LogP contribution in [0.1, 0.15) is 24.5 Å². The van der Waals surface area contributed by atoms with Crippen LogP contribution in [0, 0.1) is 5.82 Å². The van der Waals surface area contributed by atoms with Crippen molar-refractivity contribution in [3.8, 4) is 5.75 Å². The molecule has 0 heterocycles. The average Bonchev–Trinajstić information content (AvgIpc) is 2.85. The van der Waals surface area contributed by atoms with Crippen LogP contribution in [-0.2, 0) is 22.6 Å².